The van der Waals surface area contributed by atoms with Crippen LogP contribution in [0.2, 0.25) is 5.02 Å². The molecule has 1 aromatic heterocycles. The molecule has 0 radical (unpaired) electrons. The average molecular weight is 383 g/mol. The lowest BCUT2D eigenvalue weighted by Gasteiger charge is -2.11. The SMILES string of the molecule is COc1nc(Nc2cc(Cl)cc(C(F)(F)F)c2)ncc1Br. The maximum Gasteiger partial charge on any atom is 0.416 e. The van der Waals surface area contributed by atoms with Crippen LogP contribution in [0.5, 0.6) is 5.88 Å². The maximum atomic E-state index is 12.7. The first-order valence-electron chi connectivity index (χ1n) is 5.51. The van der Waals surface area contributed by atoms with Gasteiger partial charge < -0.3 is 10.1 Å². The van der Waals surface area contributed by atoms with Gasteiger partial charge in [0.1, 0.15) is 0 Å². The Morgan fingerprint density at radius 3 is 2.62 bits per heavy atom. The van der Waals surface area contributed by atoms with Crippen LogP contribution in [-0.4, -0.2) is 17.1 Å². The van der Waals surface area contributed by atoms with Crippen LogP contribution in [-0.2, 0) is 6.18 Å². The van der Waals surface area contributed by atoms with Gasteiger partial charge in [-0.15, -0.1) is 0 Å². The van der Waals surface area contributed by atoms with E-state index in [1.165, 1.54) is 19.4 Å². The summed E-state index contributed by atoms with van der Waals surface area (Å²) in [6.07, 6.45) is -3.07. The Hall–Kier alpha value is -1.54. The zero-order valence-corrected chi connectivity index (χ0v) is 12.8. The molecule has 0 saturated carbocycles. The van der Waals surface area contributed by atoms with Crippen LogP contribution in [0.1, 0.15) is 5.56 Å². The van der Waals surface area contributed by atoms with Crippen molar-refractivity contribution in [3.05, 3.63) is 39.5 Å². The molecule has 0 aliphatic rings. The molecule has 0 unspecified atom stereocenters. The number of alkyl halides is 3. The second kappa shape index (κ2) is 6.07. The molecule has 1 aromatic carbocycles. The zero-order chi connectivity index (χ0) is 15.6. The second-order valence-corrected chi connectivity index (χ2v) is 5.19. The van der Waals surface area contributed by atoms with Crippen LogP contribution in [0.25, 0.3) is 0 Å². The van der Waals surface area contributed by atoms with Gasteiger partial charge >= 0.3 is 6.18 Å². The van der Waals surface area contributed by atoms with E-state index in [4.69, 9.17) is 16.3 Å². The maximum absolute atomic E-state index is 12.7. The van der Waals surface area contributed by atoms with Crippen LogP contribution in [0.4, 0.5) is 24.8 Å². The minimum Gasteiger partial charge on any atom is -0.480 e. The van der Waals surface area contributed by atoms with Crippen molar-refractivity contribution in [2.24, 2.45) is 0 Å². The molecule has 1 N–H and O–H groups in total. The van der Waals surface area contributed by atoms with Crippen LogP contribution in [0, 0.1) is 0 Å². The van der Waals surface area contributed by atoms with E-state index in [9.17, 15) is 13.2 Å². The lowest BCUT2D eigenvalue weighted by molar-refractivity contribution is -0.137. The molecular formula is C12H8BrClF3N3O. The number of nitrogens with one attached hydrogen (secondary N) is 1. The summed E-state index contributed by atoms with van der Waals surface area (Å²) in [7, 11) is 1.41. The molecule has 21 heavy (non-hydrogen) atoms. The Kier molecular flexibility index (Phi) is 4.58. The molecule has 0 spiro atoms. The van der Waals surface area contributed by atoms with E-state index in [0.29, 0.717) is 4.47 Å². The van der Waals surface area contributed by atoms with Gasteiger partial charge in [0.25, 0.3) is 0 Å². The zero-order valence-electron chi connectivity index (χ0n) is 10.5. The van der Waals surface area contributed by atoms with Crippen molar-refractivity contribution in [3.63, 3.8) is 0 Å². The standard InChI is InChI=1S/C12H8BrClF3N3O/c1-21-10-9(13)5-18-11(20-10)19-8-3-6(12(15,16)17)2-7(14)4-8/h2-5H,1H3,(H,18,19,20). The van der Waals surface area contributed by atoms with Crippen molar-refractivity contribution in [2.75, 3.05) is 12.4 Å². The van der Waals surface area contributed by atoms with E-state index in [1.54, 1.807) is 0 Å². The van der Waals surface area contributed by atoms with Crippen molar-refractivity contribution in [1.29, 1.82) is 0 Å². The minimum atomic E-state index is -4.49. The van der Waals surface area contributed by atoms with Gasteiger partial charge in [0.15, 0.2) is 0 Å². The molecule has 4 nitrogen and oxygen atoms in total. The molecule has 0 saturated heterocycles. The lowest BCUT2D eigenvalue weighted by atomic mass is 10.2. The van der Waals surface area contributed by atoms with E-state index in [0.717, 1.165) is 12.1 Å². The van der Waals surface area contributed by atoms with Crippen molar-refractivity contribution in [3.8, 4) is 5.88 Å². The molecule has 0 amide bonds. The monoisotopic (exact) mass is 381 g/mol. The van der Waals surface area contributed by atoms with Gasteiger partial charge in [-0.05, 0) is 34.1 Å². The molecule has 0 aliphatic carbocycles. The fourth-order valence-electron chi connectivity index (χ4n) is 1.51. The van der Waals surface area contributed by atoms with Crippen molar-refractivity contribution >= 4 is 39.2 Å². The average Bonchev–Trinajstić information content (AvgIpc) is 2.39. The summed E-state index contributed by atoms with van der Waals surface area (Å²) < 4.78 is 43.6. The number of aromatic nitrogens is 2. The topological polar surface area (TPSA) is 47.0 Å². The molecule has 0 bridgehead atoms. The van der Waals surface area contributed by atoms with Gasteiger partial charge in [0.05, 0.1) is 23.3 Å². The smallest absolute Gasteiger partial charge is 0.416 e. The van der Waals surface area contributed by atoms with E-state index >= 15 is 0 Å². The van der Waals surface area contributed by atoms with Crippen LogP contribution >= 0.6 is 27.5 Å². The molecule has 2 aromatic rings. The molecule has 2 rings (SSSR count). The summed E-state index contributed by atoms with van der Waals surface area (Å²) in [5.74, 6) is 0.344. The largest absolute Gasteiger partial charge is 0.480 e. The third kappa shape index (κ3) is 3.98. The number of rotatable bonds is 3. The second-order valence-electron chi connectivity index (χ2n) is 3.90. The van der Waals surface area contributed by atoms with Gasteiger partial charge in [-0.1, -0.05) is 11.6 Å². The van der Waals surface area contributed by atoms with Crippen molar-refractivity contribution in [2.45, 2.75) is 6.18 Å². The number of methoxy groups -OCH3 is 1. The summed E-state index contributed by atoms with van der Waals surface area (Å²) in [5, 5.41) is 2.61. The Labute approximate surface area is 131 Å². The fourth-order valence-corrected chi connectivity index (χ4v) is 2.10. The van der Waals surface area contributed by atoms with Gasteiger partial charge in [0, 0.05) is 10.7 Å². The predicted molar refractivity (Wildman–Crippen MR) is 76.0 cm³/mol. The highest BCUT2D eigenvalue weighted by molar-refractivity contribution is 9.10. The Morgan fingerprint density at radius 1 is 1.29 bits per heavy atom. The van der Waals surface area contributed by atoms with Crippen LogP contribution < -0.4 is 10.1 Å². The molecule has 1 heterocycles. The lowest BCUT2D eigenvalue weighted by Crippen LogP contribution is -2.06. The summed E-state index contributed by atoms with van der Waals surface area (Å²) in [4.78, 5) is 7.92. The number of hydrogen-bond acceptors (Lipinski definition) is 4. The minimum absolute atomic E-state index is 0.0450. The third-order valence-corrected chi connectivity index (χ3v) is 3.15. The predicted octanol–water partition coefficient (Wildman–Crippen LogP) is 4.66. The quantitative estimate of drug-likeness (QED) is 0.838. The van der Waals surface area contributed by atoms with Gasteiger partial charge in [0.2, 0.25) is 11.8 Å². The number of hydrogen-bond donors (Lipinski definition) is 1. The number of ether oxygens (including phenoxy) is 1. The van der Waals surface area contributed by atoms with Crippen LogP contribution in [0.15, 0.2) is 28.9 Å². The third-order valence-electron chi connectivity index (χ3n) is 2.39. The first kappa shape index (κ1) is 15.8. The van der Waals surface area contributed by atoms with E-state index in [-0.39, 0.29) is 22.5 Å². The Bertz CT molecular complexity index is 667. The highest BCUT2D eigenvalue weighted by Gasteiger charge is 2.31. The summed E-state index contributed by atoms with van der Waals surface area (Å²) >= 11 is 8.87. The number of halogens is 5. The number of nitrogens with zero attached hydrogens (tertiary/aromatic N) is 2. The molecular weight excluding hydrogens is 375 g/mol. The van der Waals surface area contributed by atoms with Gasteiger partial charge in [-0.3, -0.25) is 0 Å². The highest BCUT2D eigenvalue weighted by Crippen LogP contribution is 2.34. The van der Waals surface area contributed by atoms with E-state index < -0.39 is 11.7 Å². The molecule has 112 valence electrons. The highest BCUT2D eigenvalue weighted by atomic mass is 79.9. The first-order chi connectivity index (χ1) is 9.79. The summed E-state index contributed by atoms with van der Waals surface area (Å²) in [6, 6.07) is 3.11. The number of anilines is 2. The van der Waals surface area contributed by atoms with Crippen LogP contribution in [0.3, 0.4) is 0 Å². The van der Waals surface area contributed by atoms with E-state index in [2.05, 4.69) is 31.2 Å². The fraction of sp³-hybridized carbons (Fsp3) is 0.167. The molecule has 0 atom stereocenters. The number of benzene rings is 1. The van der Waals surface area contributed by atoms with E-state index in [1.807, 2.05) is 0 Å². The molecule has 0 fully saturated rings. The molecule has 9 heteroatoms. The van der Waals surface area contributed by atoms with Gasteiger partial charge in [-0.2, -0.15) is 18.2 Å². The Balaban J connectivity index is 2.33. The summed E-state index contributed by atoms with van der Waals surface area (Å²) in [6.45, 7) is 0. The Morgan fingerprint density at radius 2 is 2.00 bits per heavy atom. The van der Waals surface area contributed by atoms with Gasteiger partial charge in [-0.25, -0.2) is 4.98 Å². The van der Waals surface area contributed by atoms with Crippen molar-refractivity contribution in [1.82, 2.24) is 9.97 Å². The van der Waals surface area contributed by atoms with Crippen molar-refractivity contribution < 1.29 is 17.9 Å². The normalized spacial score (nSPS) is 11.3. The molecule has 0 aliphatic heterocycles. The first-order valence-corrected chi connectivity index (χ1v) is 6.68. The summed E-state index contributed by atoms with van der Waals surface area (Å²) in [5.41, 5.74) is -0.735.